The van der Waals surface area contributed by atoms with Crippen LogP contribution in [0.5, 0.6) is 5.75 Å². The average molecular weight is 472 g/mol. The van der Waals surface area contributed by atoms with Gasteiger partial charge in [0.05, 0.1) is 23.8 Å². The van der Waals surface area contributed by atoms with E-state index in [-0.39, 0.29) is 23.4 Å². The minimum Gasteiger partial charge on any atom is -0.507 e. The van der Waals surface area contributed by atoms with Crippen molar-refractivity contribution < 1.29 is 29.3 Å². The number of aromatic carboxylic acids is 1. The maximum atomic E-state index is 13.2. The van der Waals surface area contributed by atoms with Gasteiger partial charge in [-0.05, 0) is 41.8 Å². The molecule has 0 aliphatic carbocycles. The molecule has 35 heavy (non-hydrogen) atoms. The first-order valence-electron chi connectivity index (χ1n) is 11.3. The molecule has 1 fully saturated rings. The average Bonchev–Trinajstić information content (AvgIpc) is 3.13. The van der Waals surface area contributed by atoms with Crippen LogP contribution < -0.4 is 4.74 Å². The lowest BCUT2D eigenvalue weighted by atomic mass is 9.95. The third-order valence-electron chi connectivity index (χ3n) is 5.79. The Bertz CT molecular complexity index is 1280. The van der Waals surface area contributed by atoms with E-state index in [2.05, 4.69) is 0 Å². The van der Waals surface area contributed by atoms with Gasteiger partial charge in [-0.1, -0.05) is 61.5 Å². The Kier molecular flexibility index (Phi) is 6.96. The third kappa shape index (κ3) is 4.94. The van der Waals surface area contributed by atoms with E-state index < -0.39 is 23.7 Å². The highest BCUT2D eigenvalue weighted by Crippen LogP contribution is 2.40. The second kappa shape index (κ2) is 10.3. The van der Waals surface area contributed by atoms with E-state index in [1.807, 2.05) is 13.0 Å². The lowest BCUT2D eigenvalue weighted by Gasteiger charge is -2.25. The van der Waals surface area contributed by atoms with Gasteiger partial charge in [0.25, 0.3) is 11.7 Å². The van der Waals surface area contributed by atoms with Crippen molar-refractivity contribution in [3.05, 3.63) is 107 Å². The van der Waals surface area contributed by atoms with Gasteiger partial charge < -0.3 is 19.8 Å². The lowest BCUT2D eigenvalue weighted by Crippen LogP contribution is -2.29. The van der Waals surface area contributed by atoms with Crippen LogP contribution in [0.25, 0.3) is 5.76 Å². The highest BCUT2D eigenvalue weighted by atomic mass is 16.5. The maximum absolute atomic E-state index is 13.2. The molecule has 1 aliphatic rings. The summed E-state index contributed by atoms with van der Waals surface area (Å²) >= 11 is 0. The number of hydrogen-bond acceptors (Lipinski definition) is 5. The van der Waals surface area contributed by atoms with Crippen molar-refractivity contribution in [2.45, 2.75) is 25.9 Å². The summed E-state index contributed by atoms with van der Waals surface area (Å²) in [6.07, 6.45) is 0.822. The van der Waals surface area contributed by atoms with Crippen LogP contribution in [-0.2, 0) is 16.1 Å². The van der Waals surface area contributed by atoms with Gasteiger partial charge in [0.2, 0.25) is 0 Å². The minimum absolute atomic E-state index is 0.00371. The molecule has 0 aromatic heterocycles. The molecule has 0 spiro atoms. The van der Waals surface area contributed by atoms with Crippen molar-refractivity contribution in [2.75, 3.05) is 6.61 Å². The van der Waals surface area contributed by atoms with Crippen LogP contribution in [0.15, 0.2) is 84.4 Å². The van der Waals surface area contributed by atoms with Gasteiger partial charge in [-0.15, -0.1) is 0 Å². The summed E-state index contributed by atoms with van der Waals surface area (Å²) in [5.74, 6) is -2.28. The summed E-state index contributed by atoms with van der Waals surface area (Å²) in [5.41, 5.74) is 1.83. The van der Waals surface area contributed by atoms with Crippen molar-refractivity contribution in [3.8, 4) is 5.75 Å². The van der Waals surface area contributed by atoms with E-state index in [9.17, 15) is 19.5 Å². The Labute approximate surface area is 202 Å². The first-order valence-corrected chi connectivity index (χ1v) is 11.3. The number of hydrogen-bond donors (Lipinski definition) is 2. The van der Waals surface area contributed by atoms with Gasteiger partial charge in [-0.3, -0.25) is 9.59 Å². The molecule has 0 saturated carbocycles. The smallest absolute Gasteiger partial charge is 0.335 e. The normalized spacial score (nSPS) is 16.9. The quantitative estimate of drug-likeness (QED) is 0.278. The molecule has 2 N–H and O–H groups in total. The number of rotatable bonds is 8. The van der Waals surface area contributed by atoms with Gasteiger partial charge in [0, 0.05) is 12.1 Å². The zero-order valence-electron chi connectivity index (χ0n) is 19.2. The van der Waals surface area contributed by atoms with Crippen LogP contribution in [0.3, 0.4) is 0 Å². The van der Waals surface area contributed by atoms with Crippen molar-refractivity contribution in [2.24, 2.45) is 0 Å². The fourth-order valence-corrected chi connectivity index (χ4v) is 4.08. The van der Waals surface area contributed by atoms with Crippen LogP contribution in [0.2, 0.25) is 0 Å². The highest BCUT2D eigenvalue weighted by molar-refractivity contribution is 6.46. The topological polar surface area (TPSA) is 104 Å². The number of benzene rings is 3. The Morgan fingerprint density at radius 1 is 0.914 bits per heavy atom. The van der Waals surface area contributed by atoms with Crippen LogP contribution in [0.4, 0.5) is 0 Å². The monoisotopic (exact) mass is 471 g/mol. The van der Waals surface area contributed by atoms with Crippen molar-refractivity contribution in [1.82, 2.24) is 4.90 Å². The second-order valence-electron chi connectivity index (χ2n) is 8.22. The van der Waals surface area contributed by atoms with Crippen molar-refractivity contribution in [3.63, 3.8) is 0 Å². The SMILES string of the molecule is CCCOc1cccc(/C(O)=C2\C(=O)C(=O)N(Cc3ccc(C(=O)O)cc3)C2c2ccccc2)c1. The molecule has 7 nitrogen and oxygen atoms in total. The molecule has 1 heterocycles. The van der Waals surface area contributed by atoms with Crippen LogP contribution in [0, 0.1) is 0 Å². The molecule has 7 heteroatoms. The Morgan fingerprint density at radius 2 is 1.63 bits per heavy atom. The number of ketones is 1. The van der Waals surface area contributed by atoms with Crippen molar-refractivity contribution >= 4 is 23.4 Å². The Hall–Kier alpha value is -4.39. The van der Waals surface area contributed by atoms with E-state index in [0.717, 1.165) is 6.42 Å². The molecule has 0 radical (unpaired) electrons. The van der Waals surface area contributed by atoms with Crippen LogP contribution in [-0.4, -0.2) is 39.4 Å². The van der Waals surface area contributed by atoms with Gasteiger partial charge in [0.15, 0.2) is 0 Å². The molecule has 1 saturated heterocycles. The molecule has 1 amide bonds. The summed E-state index contributed by atoms with van der Waals surface area (Å²) in [6, 6.07) is 21.1. The predicted molar refractivity (Wildman–Crippen MR) is 130 cm³/mol. The van der Waals surface area contributed by atoms with Crippen LogP contribution >= 0.6 is 0 Å². The standard InChI is InChI=1S/C28H25NO6/c1-2-15-35-22-10-6-9-21(16-22)25(30)23-24(19-7-4-3-5-8-19)29(27(32)26(23)31)17-18-11-13-20(14-12-18)28(33)34/h3-14,16,24,30H,2,15,17H2,1H3,(H,33,34)/b25-23+. The number of ether oxygens (including phenoxy) is 1. The Balaban J connectivity index is 1.77. The number of carbonyl (C=O) groups excluding carboxylic acids is 2. The van der Waals surface area contributed by atoms with Gasteiger partial charge in [-0.25, -0.2) is 4.79 Å². The van der Waals surface area contributed by atoms with E-state index in [0.29, 0.717) is 29.0 Å². The first-order chi connectivity index (χ1) is 16.9. The third-order valence-corrected chi connectivity index (χ3v) is 5.79. The van der Waals surface area contributed by atoms with Crippen molar-refractivity contribution in [1.29, 1.82) is 0 Å². The predicted octanol–water partition coefficient (Wildman–Crippen LogP) is 4.80. The lowest BCUT2D eigenvalue weighted by molar-refractivity contribution is -0.140. The highest BCUT2D eigenvalue weighted by Gasteiger charge is 2.46. The fourth-order valence-electron chi connectivity index (χ4n) is 4.08. The summed E-state index contributed by atoms with van der Waals surface area (Å²) in [7, 11) is 0. The zero-order chi connectivity index (χ0) is 24.9. The fraction of sp³-hybridized carbons (Fsp3) is 0.179. The number of carboxylic acid groups (broad SMARTS) is 1. The number of Topliss-reactive ketones (excluding diaryl/α,β-unsaturated/α-hetero) is 1. The second-order valence-corrected chi connectivity index (χ2v) is 8.22. The summed E-state index contributed by atoms with van der Waals surface area (Å²) in [6.45, 7) is 2.57. The van der Waals surface area contributed by atoms with E-state index >= 15 is 0 Å². The minimum atomic E-state index is -1.05. The summed E-state index contributed by atoms with van der Waals surface area (Å²) in [5, 5.41) is 20.4. The molecular formula is C28H25NO6. The molecule has 4 rings (SSSR count). The van der Waals surface area contributed by atoms with Gasteiger partial charge >= 0.3 is 5.97 Å². The molecule has 3 aromatic carbocycles. The largest absolute Gasteiger partial charge is 0.507 e. The maximum Gasteiger partial charge on any atom is 0.335 e. The van der Waals surface area contributed by atoms with E-state index in [4.69, 9.17) is 9.84 Å². The number of aliphatic hydroxyl groups is 1. The summed E-state index contributed by atoms with van der Waals surface area (Å²) in [4.78, 5) is 38.9. The Morgan fingerprint density at radius 3 is 2.29 bits per heavy atom. The van der Waals surface area contributed by atoms with Gasteiger partial charge in [0.1, 0.15) is 11.5 Å². The molecular weight excluding hydrogens is 446 g/mol. The number of carboxylic acids is 1. The molecule has 1 atom stereocenters. The molecule has 1 unspecified atom stereocenters. The zero-order valence-corrected chi connectivity index (χ0v) is 19.2. The number of amides is 1. The van der Waals surface area contributed by atoms with Crippen LogP contribution in [0.1, 0.15) is 46.4 Å². The van der Waals surface area contributed by atoms with E-state index in [1.165, 1.54) is 17.0 Å². The number of nitrogens with zero attached hydrogens (tertiary/aromatic N) is 1. The van der Waals surface area contributed by atoms with E-state index in [1.54, 1.807) is 60.7 Å². The molecule has 178 valence electrons. The molecule has 3 aromatic rings. The number of likely N-dealkylation sites (tertiary alicyclic amines) is 1. The number of carbonyl (C=O) groups is 3. The summed E-state index contributed by atoms with van der Waals surface area (Å²) < 4.78 is 5.66. The first kappa shape index (κ1) is 23.8. The molecule has 0 bridgehead atoms. The van der Waals surface area contributed by atoms with Gasteiger partial charge in [-0.2, -0.15) is 0 Å². The molecule has 1 aliphatic heterocycles. The number of aliphatic hydroxyl groups excluding tert-OH is 1.